The van der Waals surface area contributed by atoms with E-state index < -0.39 is 34.9 Å². The Kier molecular flexibility index (Phi) is 8.66. The van der Waals surface area contributed by atoms with Crippen LogP contribution in [0.25, 0.3) is 0 Å². The molecule has 40 heavy (non-hydrogen) atoms. The number of nitrogens with zero attached hydrogens (tertiary/aromatic N) is 5. The van der Waals surface area contributed by atoms with E-state index in [0.29, 0.717) is 24.1 Å². The lowest BCUT2D eigenvalue weighted by Gasteiger charge is -2.50. The predicted octanol–water partition coefficient (Wildman–Crippen LogP) is -2.64. The summed E-state index contributed by atoms with van der Waals surface area (Å²) in [5.74, 6) is -0.846. The minimum Gasteiger partial charge on any atom is -0.543 e. The van der Waals surface area contributed by atoms with Crippen molar-refractivity contribution in [2.75, 3.05) is 23.0 Å². The van der Waals surface area contributed by atoms with Crippen LogP contribution in [0.2, 0.25) is 0 Å². The van der Waals surface area contributed by atoms with Crippen molar-refractivity contribution in [1.82, 2.24) is 20.2 Å². The molecule has 204 valence electrons. The molecule has 3 N–H and O–H groups in total. The van der Waals surface area contributed by atoms with Gasteiger partial charge in [0.2, 0.25) is 18.5 Å². The molecule has 0 aliphatic carbocycles. The smallest absolute Gasteiger partial charge is 0.278 e. The van der Waals surface area contributed by atoms with Gasteiger partial charge in [-0.25, -0.2) is 9.97 Å². The third-order valence-electron chi connectivity index (χ3n) is 5.58. The maximum absolute atomic E-state index is 13.1. The van der Waals surface area contributed by atoms with Crippen molar-refractivity contribution in [2.45, 2.75) is 18.0 Å². The molecule has 4 heterocycles. The van der Waals surface area contributed by atoms with E-state index in [-0.39, 0.29) is 36.2 Å². The summed E-state index contributed by atoms with van der Waals surface area (Å²) in [4.78, 5) is 73.8. The Morgan fingerprint density at radius 1 is 1.32 bits per heavy atom. The molecule has 2 aliphatic heterocycles. The molecule has 15 nitrogen and oxygen atoms in total. The lowest BCUT2D eigenvalue weighted by Crippen LogP contribution is -2.71. The molecule has 0 spiro atoms. The van der Waals surface area contributed by atoms with Gasteiger partial charge in [0.25, 0.3) is 11.8 Å². The van der Waals surface area contributed by atoms with Crippen molar-refractivity contribution in [1.29, 1.82) is 0 Å². The minimum atomic E-state index is -1.54. The summed E-state index contributed by atoms with van der Waals surface area (Å²) < 4.78 is 1.65. The first-order valence-electron chi connectivity index (χ1n) is 11.4. The quantitative estimate of drug-likeness (QED) is 0.0466. The van der Waals surface area contributed by atoms with Crippen LogP contribution in [-0.4, -0.2) is 75.0 Å². The van der Waals surface area contributed by atoms with Crippen LogP contribution in [-0.2, 0) is 35.4 Å². The number of carboxylic acid groups (broad SMARTS) is 1. The van der Waals surface area contributed by atoms with Gasteiger partial charge in [0.1, 0.15) is 22.9 Å². The van der Waals surface area contributed by atoms with Gasteiger partial charge in [-0.1, -0.05) is 11.1 Å². The average molecular weight is 565 g/mol. The van der Waals surface area contributed by atoms with E-state index in [1.165, 1.54) is 24.0 Å². The normalized spacial score (nSPS) is 18.0. The van der Waals surface area contributed by atoms with Gasteiger partial charge in [-0.15, -0.1) is 18.2 Å². The highest BCUT2D eigenvalue weighted by Gasteiger charge is 2.53. The molecule has 2 aromatic rings. The fourth-order valence-corrected chi connectivity index (χ4v) is 5.26. The Morgan fingerprint density at radius 2 is 2.12 bits per heavy atom. The molecule has 2 atom stereocenters. The monoisotopic (exact) mass is 564 g/mol. The van der Waals surface area contributed by atoms with Gasteiger partial charge in [-0.3, -0.25) is 24.1 Å². The summed E-state index contributed by atoms with van der Waals surface area (Å²) in [6.45, 7) is -0.156. The maximum Gasteiger partial charge on any atom is 0.278 e. The second-order valence-corrected chi connectivity index (χ2v) is 9.18. The Morgan fingerprint density at radius 3 is 2.85 bits per heavy atom. The molecule has 2 aromatic heterocycles. The summed E-state index contributed by atoms with van der Waals surface area (Å²) in [5, 5.41) is 22.4. The first-order chi connectivity index (χ1) is 19.4. The topological polar surface area (TPSA) is 199 Å². The molecule has 1 fully saturated rings. The Bertz CT molecular complexity index is 1470. The number of thioether (sulfide) groups is 1. The first kappa shape index (κ1) is 27.7. The van der Waals surface area contributed by atoms with Crippen LogP contribution in [0, 0.1) is 12.3 Å². The number of carbonyl (C=O) groups excluding carboxylic acids is 5. The van der Waals surface area contributed by atoms with Gasteiger partial charge in [0.15, 0.2) is 31.4 Å². The van der Waals surface area contributed by atoms with E-state index in [1.54, 1.807) is 29.1 Å². The second kappa shape index (κ2) is 12.5. The molecule has 1 unspecified atom stereocenters. The van der Waals surface area contributed by atoms with Gasteiger partial charge in [-0.05, 0) is 12.1 Å². The number of carboxylic acids is 1. The Hall–Kier alpha value is -5.30. The highest BCUT2D eigenvalue weighted by atomic mass is 32.2. The van der Waals surface area contributed by atoms with Crippen LogP contribution >= 0.6 is 11.8 Å². The standard InChI is InChI=1S/C24H20N8O7S/c1-2-8-39-30-17(20-25-6-5-16(28-20)27-13-34)21(35)29-18-22(36)32-19(24(37)38)14(11-40-23(18)32)9-31-7-3-4-15(10-31)26-12-33/h1,3-7,10,12-13,18,23H,8-9,11H2,(H3-,25,26,27,28,29,33,34,35,37,38)/t18?,23-/m0/s1. The van der Waals surface area contributed by atoms with Crippen LogP contribution in [0.1, 0.15) is 5.82 Å². The van der Waals surface area contributed by atoms with Crippen molar-refractivity contribution in [3.63, 3.8) is 0 Å². The molecular weight excluding hydrogens is 544 g/mol. The van der Waals surface area contributed by atoms with E-state index in [0.717, 1.165) is 4.90 Å². The lowest BCUT2D eigenvalue weighted by atomic mass is 10.0. The molecular formula is C24H20N8O7S. The number of carbonyl (C=O) groups is 5. The number of rotatable bonds is 12. The number of anilines is 2. The number of oxime groups is 1. The van der Waals surface area contributed by atoms with Crippen molar-refractivity contribution in [2.24, 2.45) is 5.16 Å². The summed E-state index contributed by atoms with van der Waals surface area (Å²) in [5.41, 5.74) is 0.194. The van der Waals surface area contributed by atoms with Gasteiger partial charge in [0, 0.05) is 23.6 Å². The number of hydrogen-bond acceptors (Lipinski definition) is 11. The molecule has 4 rings (SSSR count). The van der Waals surface area contributed by atoms with Crippen molar-refractivity contribution >= 4 is 59.6 Å². The van der Waals surface area contributed by atoms with Crippen molar-refractivity contribution in [3.8, 4) is 12.3 Å². The number of pyridine rings is 1. The van der Waals surface area contributed by atoms with E-state index >= 15 is 0 Å². The molecule has 0 aromatic carbocycles. The Labute approximate surface area is 230 Å². The van der Waals surface area contributed by atoms with Crippen LogP contribution in [0.15, 0.2) is 53.2 Å². The number of amides is 4. The van der Waals surface area contributed by atoms with Gasteiger partial charge in [-0.2, -0.15) is 4.57 Å². The van der Waals surface area contributed by atoms with E-state index in [1.807, 2.05) is 0 Å². The third kappa shape index (κ3) is 5.89. The largest absolute Gasteiger partial charge is 0.543 e. The Balaban J connectivity index is 1.54. The summed E-state index contributed by atoms with van der Waals surface area (Å²) in [6.07, 6.45) is 10.6. The molecule has 4 amide bonds. The van der Waals surface area contributed by atoms with Gasteiger partial charge in [0.05, 0.1) is 11.7 Å². The molecule has 0 bridgehead atoms. The fraction of sp³-hybridized carbons (Fsp3) is 0.208. The predicted molar refractivity (Wildman–Crippen MR) is 136 cm³/mol. The number of terminal acetylenes is 1. The zero-order valence-corrected chi connectivity index (χ0v) is 21.3. The van der Waals surface area contributed by atoms with E-state index in [4.69, 9.17) is 11.3 Å². The zero-order valence-electron chi connectivity index (χ0n) is 20.5. The lowest BCUT2D eigenvalue weighted by molar-refractivity contribution is -0.688. The molecule has 1 saturated heterocycles. The second-order valence-electron chi connectivity index (χ2n) is 8.07. The molecule has 0 radical (unpaired) electrons. The highest BCUT2D eigenvalue weighted by Crippen LogP contribution is 2.40. The average Bonchev–Trinajstić information content (AvgIpc) is 2.94. The zero-order chi connectivity index (χ0) is 28.6. The molecule has 2 aliphatic rings. The summed E-state index contributed by atoms with van der Waals surface area (Å²) in [6, 6.07) is 3.60. The summed E-state index contributed by atoms with van der Waals surface area (Å²) >= 11 is 1.25. The molecule has 0 saturated carbocycles. The number of nitrogens with one attached hydrogen (secondary N) is 3. The SMILES string of the molecule is C#CCON=C(C(=O)NC1C(=O)N2C(C(=O)[O-])=C(C[n+]3cccc(NC=O)c3)CS[C@@H]12)c1nccc(NC=O)n1. The van der Waals surface area contributed by atoms with E-state index in [2.05, 4.69) is 37.0 Å². The number of β-lactam (4-membered cyclic amide) rings is 1. The maximum atomic E-state index is 13.1. The van der Waals surface area contributed by atoms with Crippen molar-refractivity contribution in [3.05, 3.63) is 53.9 Å². The third-order valence-corrected chi connectivity index (χ3v) is 6.92. The van der Waals surface area contributed by atoms with Crippen LogP contribution in [0.3, 0.4) is 0 Å². The number of fused-ring (bicyclic) bond motifs is 1. The molecule has 16 heteroatoms. The summed E-state index contributed by atoms with van der Waals surface area (Å²) in [7, 11) is 0. The van der Waals surface area contributed by atoms with Crippen LogP contribution in [0.5, 0.6) is 0 Å². The van der Waals surface area contributed by atoms with Crippen molar-refractivity contribution < 1.29 is 38.5 Å². The fourth-order valence-electron chi connectivity index (χ4n) is 3.93. The highest BCUT2D eigenvalue weighted by molar-refractivity contribution is 8.00. The van der Waals surface area contributed by atoms with Gasteiger partial charge >= 0.3 is 0 Å². The number of hydrogen-bond donors (Lipinski definition) is 3. The van der Waals surface area contributed by atoms with Crippen LogP contribution < -0.4 is 25.6 Å². The van der Waals surface area contributed by atoms with Gasteiger partial charge < -0.3 is 30.7 Å². The first-order valence-corrected chi connectivity index (χ1v) is 12.5. The number of aliphatic carboxylic acids is 1. The van der Waals surface area contributed by atoms with Crippen LogP contribution in [0.4, 0.5) is 11.5 Å². The number of aromatic nitrogens is 3. The minimum absolute atomic E-state index is 0.0767. The van der Waals surface area contributed by atoms with E-state index in [9.17, 15) is 29.1 Å².